The van der Waals surface area contributed by atoms with Crippen LogP contribution in [0.25, 0.3) is 16.7 Å². The number of benzene rings is 4. The zero-order chi connectivity index (χ0) is 63.5. The Morgan fingerprint density at radius 3 is 1.94 bits per heavy atom. The van der Waals surface area contributed by atoms with Crippen molar-refractivity contribution >= 4 is 67.7 Å². The molecule has 1 heterocycles. The molecule has 4 aromatic carbocycles. The van der Waals surface area contributed by atoms with Gasteiger partial charge in [0.15, 0.2) is 40.3 Å². The third-order valence-electron chi connectivity index (χ3n) is 17.4. The fourth-order valence-corrected chi connectivity index (χ4v) is 13.2. The molecule has 0 radical (unpaired) electrons. The van der Waals surface area contributed by atoms with Crippen LogP contribution in [0, 0.1) is 24.7 Å². The molecule has 1 saturated carbocycles. The van der Waals surface area contributed by atoms with Gasteiger partial charge in [-0.05, 0) is 149 Å². The van der Waals surface area contributed by atoms with Gasteiger partial charge in [-0.1, -0.05) is 134 Å². The average molecular weight is 1230 g/mol. The number of fused-ring (bicyclic) bond motifs is 2. The van der Waals surface area contributed by atoms with Gasteiger partial charge in [-0.2, -0.15) is 0 Å². The summed E-state index contributed by atoms with van der Waals surface area (Å²) in [6.45, 7) is 27.9. The Morgan fingerprint density at radius 1 is 0.705 bits per heavy atom. The number of nitrogens with one attached hydrogen (secondary N) is 1. The Kier molecular flexibility index (Phi) is 22.9. The SMILES string of the molecule is C=C(CCOCC[Si](C)(C)C)C(=O)[C@@H]1CC(c2ccc(NC(=O)C(C)C)cc2)=CN1C(=O)c1cc(OC)c(OCCCOc2cc3c(cc2OC)C(=O)CC2=CC=C(c4ccc(C5CCC(C)CC5)cc4)C[C@H]2C(=O)/C=C/3COCC[Si](C)(C)C)cc1C. The highest BCUT2D eigenvalue weighted by Gasteiger charge is 2.38. The lowest BCUT2D eigenvalue weighted by atomic mass is 9.78. The third-order valence-corrected chi connectivity index (χ3v) is 20.8. The fourth-order valence-electron chi connectivity index (χ4n) is 11.7. The summed E-state index contributed by atoms with van der Waals surface area (Å²) in [7, 11) is 0.324. The second-order valence-corrected chi connectivity index (χ2v) is 38.4. The summed E-state index contributed by atoms with van der Waals surface area (Å²) in [6, 6.07) is 24.4. The van der Waals surface area contributed by atoms with Crippen molar-refractivity contribution in [2.24, 2.45) is 17.8 Å². The molecule has 2 atom stereocenters. The fraction of sp³-hybridized carbons (Fsp3) is 0.466. The summed E-state index contributed by atoms with van der Waals surface area (Å²) >= 11 is 0. The lowest BCUT2D eigenvalue weighted by molar-refractivity contribution is -0.119. The van der Waals surface area contributed by atoms with E-state index in [4.69, 9.17) is 28.4 Å². The van der Waals surface area contributed by atoms with E-state index >= 15 is 0 Å². The molecule has 1 aliphatic heterocycles. The number of nitrogens with zero attached hydrogens (tertiary/aromatic N) is 1. The Bertz CT molecular complexity index is 3330. The zero-order valence-electron chi connectivity index (χ0n) is 54.3. The quantitative estimate of drug-likeness (QED) is 0.0344. The van der Waals surface area contributed by atoms with E-state index in [0.717, 1.165) is 45.9 Å². The van der Waals surface area contributed by atoms with Crippen molar-refractivity contribution in [1.82, 2.24) is 4.90 Å². The Morgan fingerprint density at radius 2 is 1.31 bits per heavy atom. The van der Waals surface area contributed by atoms with Gasteiger partial charge in [0.1, 0.15) is 6.04 Å². The van der Waals surface area contributed by atoms with Crippen LogP contribution in [-0.2, 0) is 23.9 Å². The van der Waals surface area contributed by atoms with Gasteiger partial charge in [0, 0.05) is 83.5 Å². The van der Waals surface area contributed by atoms with E-state index in [2.05, 4.69) is 88.4 Å². The van der Waals surface area contributed by atoms with Crippen molar-refractivity contribution in [3.8, 4) is 23.0 Å². The van der Waals surface area contributed by atoms with Crippen LogP contribution >= 0.6 is 0 Å². The first-order chi connectivity index (χ1) is 41.9. The maximum Gasteiger partial charge on any atom is 0.258 e. The number of hydrogen-bond donors (Lipinski definition) is 1. The first kappa shape index (κ1) is 67.0. The van der Waals surface area contributed by atoms with Gasteiger partial charge in [0.05, 0.1) is 40.6 Å². The molecule has 0 aromatic heterocycles. The molecule has 1 N–H and O–H groups in total. The van der Waals surface area contributed by atoms with Crippen molar-refractivity contribution in [2.75, 3.05) is 59.2 Å². The summed E-state index contributed by atoms with van der Waals surface area (Å²) in [5.41, 5.74) is 9.60. The first-order valence-electron chi connectivity index (χ1n) is 31.7. The van der Waals surface area contributed by atoms with Crippen molar-refractivity contribution in [3.05, 3.63) is 154 Å². The van der Waals surface area contributed by atoms with Crippen LogP contribution in [-0.4, -0.2) is 110 Å². The number of amides is 2. The van der Waals surface area contributed by atoms with E-state index in [0.29, 0.717) is 107 Å². The molecule has 4 aliphatic rings. The second kappa shape index (κ2) is 30.1. The van der Waals surface area contributed by atoms with Crippen LogP contribution < -0.4 is 24.3 Å². The van der Waals surface area contributed by atoms with Crippen molar-refractivity contribution in [2.45, 2.75) is 149 Å². The average Bonchev–Trinajstić information content (AvgIpc) is 1.84. The number of rotatable bonds is 27. The summed E-state index contributed by atoms with van der Waals surface area (Å²) in [5.74, 6) is 1.37. The minimum atomic E-state index is -1.44. The van der Waals surface area contributed by atoms with Crippen LogP contribution in [0.4, 0.5) is 5.69 Å². The molecule has 0 saturated heterocycles. The van der Waals surface area contributed by atoms with E-state index in [9.17, 15) is 24.0 Å². The number of ether oxygens (including phenoxy) is 6. The molecule has 3 aliphatic carbocycles. The number of allylic oxidation sites excluding steroid dienone is 5. The molecule has 4 aromatic rings. The molecule has 13 nitrogen and oxygen atoms in total. The predicted octanol–water partition coefficient (Wildman–Crippen LogP) is 15.8. The minimum Gasteiger partial charge on any atom is -0.493 e. The van der Waals surface area contributed by atoms with Gasteiger partial charge in [0.2, 0.25) is 5.91 Å². The summed E-state index contributed by atoms with van der Waals surface area (Å²) in [4.78, 5) is 72.4. The van der Waals surface area contributed by atoms with E-state index < -0.39 is 28.1 Å². The number of aryl methyl sites for hydroxylation is 1. The Balaban J connectivity index is 0.966. The molecule has 2 amide bonds. The number of methoxy groups -OCH3 is 2. The molecule has 0 spiro atoms. The Hall–Kier alpha value is -6.92. The number of carbonyl (C=O) groups is 5. The van der Waals surface area contributed by atoms with Gasteiger partial charge in [-0.3, -0.25) is 24.0 Å². The van der Waals surface area contributed by atoms with Crippen molar-refractivity contribution < 1.29 is 52.4 Å². The highest BCUT2D eigenvalue weighted by molar-refractivity contribution is 6.76. The summed E-state index contributed by atoms with van der Waals surface area (Å²) in [6.07, 6.45) is 14.1. The lowest BCUT2D eigenvalue weighted by Gasteiger charge is -2.27. The monoisotopic (exact) mass is 1230 g/mol. The van der Waals surface area contributed by atoms with Crippen LogP contribution in [0.5, 0.6) is 23.0 Å². The van der Waals surface area contributed by atoms with E-state index in [-0.39, 0.29) is 67.7 Å². The molecule has 0 bridgehead atoms. The third kappa shape index (κ3) is 17.7. The molecule has 88 heavy (non-hydrogen) atoms. The van der Waals surface area contributed by atoms with Crippen LogP contribution in [0.1, 0.15) is 133 Å². The van der Waals surface area contributed by atoms with Gasteiger partial charge >= 0.3 is 0 Å². The summed E-state index contributed by atoms with van der Waals surface area (Å²) < 4.78 is 36.8. The number of hydrogen-bond acceptors (Lipinski definition) is 11. The van der Waals surface area contributed by atoms with E-state index in [1.807, 2.05) is 51.1 Å². The highest BCUT2D eigenvalue weighted by Crippen LogP contribution is 2.43. The van der Waals surface area contributed by atoms with Gasteiger partial charge in [-0.15, -0.1) is 0 Å². The predicted molar refractivity (Wildman–Crippen MR) is 358 cm³/mol. The largest absolute Gasteiger partial charge is 0.493 e. The molecule has 1 fully saturated rings. The number of anilines is 1. The minimum absolute atomic E-state index is 0.0615. The molecule has 15 heteroatoms. The summed E-state index contributed by atoms with van der Waals surface area (Å²) in [5, 5.41) is 2.93. The van der Waals surface area contributed by atoms with Gasteiger partial charge in [0.25, 0.3) is 5.91 Å². The van der Waals surface area contributed by atoms with Crippen LogP contribution in [0.15, 0.2) is 115 Å². The highest BCUT2D eigenvalue weighted by atomic mass is 28.3. The van der Waals surface area contributed by atoms with Gasteiger partial charge < -0.3 is 38.6 Å². The topological polar surface area (TPSA) is 156 Å². The smallest absolute Gasteiger partial charge is 0.258 e. The number of Topliss-reactive ketones (excluding diaryl/α,β-unsaturated/α-hetero) is 2. The first-order valence-corrected chi connectivity index (χ1v) is 39.1. The van der Waals surface area contributed by atoms with Crippen molar-refractivity contribution in [3.63, 3.8) is 0 Å². The normalized spacial score (nSPS) is 19.4. The molecular weight excluding hydrogens is 1140 g/mol. The zero-order valence-corrected chi connectivity index (χ0v) is 56.3. The van der Waals surface area contributed by atoms with Crippen LogP contribution in [0.2, 0.25) is 51.4 Å². The number of ketones is 3. The van der Waals surface area contributed by atoms with E-state index in [1.165, 1.54) is 43.3 Å². The number of carbonyl (C=O) groups excluding carboxylic acids is 5. The van der Waals surface area contributed by atoms with Gasteiger partial charge in [-0.25, -0.2) is 0 Å². The molecular formula is C73H94N2O11Si2. The van der Waals surface area contributed by atoms with Crippen LogP contribution in [0.3, 0.4) is 0 Å². The second-order valence-electron chi connectivity index (χ2n) is 27.2. The van der Waals surface area contributed by atoms with E-state index in [1.54, 1.807) is 43.7 Å². The lowest BCUT2D eigenvalue weighted by Crippen LogP contribution is -2.39. The molecule has 8 rings (SSSR count). The maximum atomic E-state index is 14.8. The van der Waals surface area contributed by atoms with Crippen molar-refractivity contribution in [1.29, 1.82) is 0 Å². The Labute approximate surface area is 525 Å². The standard InChI is InChI=1S/C73H94N2O11Si2/c1-47(2)72(79)74-59-27-25-54(26-28-59)57-39-64(71(78)49(4)29-32-83-33-35-87(8,9)10)75(45-57)73(80)60-42-67(81-6)69(37-50(60)5)85-30-14-31-86-70-43-61-58(46-84-34-36-88(11,12)13)41-65(76)62-38-55(23-24-56(62)40-66(77)63(61)44-68(70)82-7)53-21-19-52(20-22-53)51-17-15-48(3)16-18-51/h19-28,37,41-45,47-48,51,62,64H,4,14-18,29-36,38-40,46H2,1-3,5-13H3,(H,74,79)/b58-41+/t48?,51?,62-,64+/m1/s1. The maximum absolute atomic E-state index is 14.8. The molecule has 470 valence electrons. The molecule has 0 unspecified atom stereocenters.